The molecule has 11 heteroatoms. The Labute approximate surface area is 246 Å². The molecule has 0 radical (unpaired) electrons. The van der Waals surface area contributed by atoms with Crippen molar-refractivity contribution < 1.29 is 29.1 Å². The lowest BCUT2D eigenvalue weighted by molar-refractivity contribution is -0.140. The van der Waals surface area contributed by atoms with Crippen LogP contribution in [0.25, 0.3) is 10.8 Å². The summed E-state index contributed by atoms with van der Waals surface area (Å²) in [7, 11) is 0. The van der Waals surface area contributed by atoms with E-state index in [-0.39, 0.29) is 12.1 Å². The molecule has 0 fully saturated rings. The number of carboxylic acids is 1. The standard InChI is InChI=1S/C32H30N4O7/c1-2-26(31(42)35-25(18-28(38)39)27(37)19-33-29(40)21-10-4-3-5-11-21)36-16-8-13-24(32(36)43)34-30(41)23-15-14-20-9-6-7-12-22(20)17-23/h3-17,25-26H,2,18-19H2,1H3,(H,33,40)(H,34,41)(H,35,42)(H,38,39). The van der Waals surface area contributed by atoms with Crippen LogP contribution < -0.4 is 21.5 Å². The van der Waals surface area contributed by atoms with Crippen LogP contribution in [0.1, 0.15) is 46.5 Å². The maximum Gasteiger partial charge on any atom is 0.305 e. The molecule has 0 aliphatic carbocycles. The highest BCUT2D eigenvalue weighted by Crippen LogP contribution is 2.17. The van der Waals surface area contributed by atoms with Crippen LogP contribution in [0.4, 0.5) is 5.69 Å². The van der Waals surface area contributed by atoms with Gasteiger partial charge in [0.1, 0.15) is 11.7 Å². The van der Waals surface area contributed by atoms with E-state index in [1.807, 2.05) is 24.3 Å². The van der Waals surface area contributed by atoms with Crippen molar-refractivity contribution >= 4 is 45.9 Å². The molecule has 11 nitrogen and oxygen atoms in total. The Morgan fingerprint density at radius 3 is 2.21 bits per heavy atom. The number of aliphatic carboxylic acids is 1. The number of nitrogens with one attached hydrogen (secondary N) is 3. The van der Waals surface area contributed by atoms with Crippen molar-refractivity contribution in [2.75, 3.05) is 11.9 Å². The summed E-state index contributed by atoms with van der Waals surface area (Å²) in [4.78, 5) is 76.2. The number of aromatic nitrogens is 1. The number of carboxylic acid groups (broad SMARTS) is 1. The lowest BCUT2D eigenvalue weighted by Gasteiger charge is -2.22. The van der Waals surface area contributed by atoms with Gasteiger partial charge in [0.15, 0.2) is 5.78 Å². The third kappa shape index (κ3) is 7.59. The Bertz CT molecular complexity index is 1730. The van der Waals surface area contributed by atoms with Crippen LogP contribution in [-0.4, -0.2) is 51.7 Å². The molecular weight excluding hydrogens is 552 g/mol. The first-order valence-electron chi connectivity index (χ1n) is 13.6. The number of pyridine rings is 1. The van der Waals surface area contributed by atoms with Crippen LogP contribution in [-0.2, 0) is 14.4 Å². The van der Waals surface area contributed by atoms with E-state index in [9.17, 15) is 33.9 Å². The number of anilines is 1. The summed E-state index contributed by atoms with van der Waals surface area (Å²) < 4.78 is 1.12. The number of hydrogen-bond acceptors (Lipinski definition) is 6. The lowest BCUT2D eigenvalue weighted by Crippen LogP contribution is -2.49. The molecule has 3 amide bonds. The van der Waals surface area contributed by atoms with Crippen LogP contribution in [0.3, 0.4) is 0 Å². The van der Waals surface area contributed by atoms with Gasteiger partial charge in [-0.2, -0.15) is 0 Å². The van der Waals surface area contributed by atoms with E-state index in [4.69, 9.17) is 0 Å². The average Bonchev–Trinajstić information content (AvgIpc) is 3.01. The van der Waals surface area contributed by atoms with Crippen molar-refractivity contribution in [2.45, 2.75) is 31.8 Å². The van der Waals surface area contributed by atoms with Gasteiger partial charge in [0.2, 0.25) is 5.91 Å². The van der Waals surface area contributed by atoms with Gasteiger partial charge < -0.3 is 25.6 Å². The van der Waals surface area contributed by atoms with E-state index in [0.29, 0.717) is 11.1 Å². The Kier molecular flexibility index (Phi) is 9.79. The van der Waals surface area contributed by atoms with E-state index in [0.717, 1.165) is 15.3 Å². The van der Waals surface area contributed by atoms with Crippen molar-refractivity contribution in [3.05, 3.63) is 113 Å². The highest BCUT2D eigenvalue weighted by molar-refractivity contribution is 6.06. The summed E-state index contributed by atoms with van der Waals surface area (Å²) in [6.45, 7) is 1.13. The number of fused-ring (bicyclic) bond motifs is 1. The lowest BCUT2D eigenvalue weighted by atomic mass is 10.1. The molecule has 1 aromatic heterocycles. The number of ketones is 1. The van der Waals surface area contributed by atoms with Crippen LogP contribution in [0.2, 0.25) is 0 Å². The molecule has 0 saturated heterocycles. The molecule has 1 heterocycles. The molecule has 2 atom stereocenters. The largest absolute Gasteiger partial charge is 0.481 e. The minimum atomic E-state index is -1.46. The first kappa shape index (κ1) is 30.4. The monoisotopic (exact) mass is 582 g/mol. The van der Waals surface area contributed by atoms with Gasteiger partial charge in [-0.15, -0.1) is 0 Å². The summed E-state index contributed by atoms with van der Waals surface area (Å²) in [5, 5.41) is 18.6. The second kappa shape index (κ2) is 13.9. The van der Waals surface area contributed by atoms with Crippen molar-refractivity contribution in [1.82, 2.24) is 15.2 Å². The maximum absolute atomic E-state index is 13.3. The Morgan fingerprint density at radius 2 is 1.51 bits per heavy atom. The van der Waals surface area contributed by atoms with Crippen molar-refractivity contribution in [3.8, 4) is 0 Å². The predicted octanol–water partition coefficient (Wildman–Crippen LogP) is 3.16. The van der Waals surface area contributed by atoms with Gasteiger partial charge in [-0.25, -0.2) is 0 Å². The van der Waals surface area contributed by atoms with Crippen LogP contribution in [0, 0.1) is 0 Å². The highest BCUT2D eigenvalue weighted by Gasteiger charge is 2.28. The summed E-state index contributed by atoms with van der Waals surface area (Å²) in [6, 6.07) is 21.1. The molecule has 4 aromatic rings. The van der Waals surface area contributed by atoms with Crippen molar-refractivity contribution in [3.63, 3.8) is 0 Å². The highest BCUT2D eigenvalue weighted by atomic mass is 16.4. The number of carbonyl (C=O) groups is 5. The van der Waals surface area contributed by atoms with Gasteiger partial charge in [-0.3, -0.25) is 28.8 Å². The molecule has 4 N–H and O–H groups in total. The topological polar surface area (TPSA) is 164 Å². The molecule has 220 valence electrons. The van der Waals surface area contributed by atoms with Crippen molar-refractivity contribution in [1.29, 1.82) is 0 Å². The van der Waals surface area contributed by atoms with Crippen LogP contribution in [0.5, 0.6) is 0 Å². The summed E-state index contributed by atoms with van der Waals surface area (Å²) in [5.41, 5.74) is -0.0663. The fourth-order valence-electron chi connectivity index (χ4n) is 4.55. The summed E-state index contributed by atoms with van der Waals surface area (Å²) in [5.74, 6) is -3.87. The normalized spacial score (nSPS) is 12.1. The van der Waals surface area contributed by atoms with Crippen molar-refractivity contribution in [2.24, 2.45) is 0 Å². The fraction of sp³-hybridized carbons (Fsp3) is 0.188. The molecular formula is C32H30N4O7. The van der Waals surface area contributed by atoms with E-state index < -0.39 is 60.1 Å². The van der Waals surface area contributed by atoms with Gasteiger partial charge in [0, 0.05) is 17.3 Å². The third-order valence-electron chi connectivity index (χ3n) is 6.80. The van der Waals surface area contributed by atoms with Gasteiger partial charge in [0.05, 0.1) is 19.0 Å². The van der Waals surface area contributed by atoms with Gasteiger partial charge in [0.25, 0.3) is 17.4 Å². The zero-order chi connectivity index (χ0) is 30.9. The van der Waals surface area contributed by atoms with Gasteiger partial charge >= 0.3 is 5.97 Å². The second-order valence-electron chi connectivity index (χ2n) is 9.75. The number of Topliss-reactive ketones (excluding diaryl/α,β-unsaturated/α-hetero) is 1. The first-order valence-corrected chi connectivity index (χ1v) is 13.6. The SMILES string of the molecule is CCC(C(=O)NC(CC(=O)O)C(=O)CNC(=O)c1ccccc1)n1cccc(NC(=O)c2ccc3ccccc3c2)c1=O. The van der Waals surface area contributed by atoms with E-state index in [1.54, 1.807) is 55.5 Å². The number of carbonyl (C=O) groups excluding carboxylic acids is 4. The molecule has 0 spiro atoms. The summed E-state index contributed by atoms with van der Waals surface area (Å²) in [6.07, 6.45) is 0.765. The molecule has 0 aliphatic heterocycles. The number of benzene rings is 3. The second-order valence-corrected chi connectivity index (χ2v) is 9.75. The fourth-order valence-corrected chi connectivity index (χ4v) is 4.55. The number of nitrogens with zero attached hydrogens (tertiary/aromatic N) is 1. The predicted molar refractivity (Wildman–Crippen MR) is 160 cm³/mol. The zero-order valence-corrected chi connectivity index (χ0v) is 23.3. The molecule has 4 rings (SSSR count). The summed E-state index contributed by atoms with van der Waals surface area (Å²) >= 11 is 0. The van der Waals surface area contributed by atoms with E-state index in [1.165, 1.54) is 18.3 Å². The van der Waals surface area contributed by atoms with E-state index >= 15 is 0 Å². The number of hydrogen-bond donors (Lipinski definition) is 4. The van der Waals surface area contributed by atoms with Gasteiger partial charge in [-0.1, -0.05) is 55.5 Å². The zero-order valence-electron chi connectivity index (χ0n) is 23.3. The molecule has 0 bridgehead atoms. The minimum absolute atomic E-state index is 0.0614. The molecule has 0 aliphatic rings. The number of amides is 3. The number of rotatable bonds is 12. The van der Waals surface area contributed by atoms with Crippen LogP contribution >= 0.6 is 0 Å². The molecule has 43 heavy (non-hydrogen) atoms. The molecule has 3 aromatic carbocycles. The molecule has 0 saturated carbocycles. The Balaban J connectivity index is 1.48. The first-order chi connectivity index (χ1) is 20.7. The smallest absolute Gasteiger partial charge is 0.305 e. The Morgan fingerprint density at radius 1 is 0.814 bits per heavy atom. The van der Waals surface area contributed by atoms with E-state index in [2.05, 4.69) is 16.0 Å². The average molecular weight is 583 g/mol. The quantitative estimate of drug-likeness (QED) is 0.199. The minimum Gasteiger partial charge on any atom is -0.481 e. The van der Waals surface area contributed by atoms with Gasteiger partial charge in [-0.05, 0) is 53.6 Å². The molecule has 2 unspecified atom stereocenters. The maximum atomic E-state index is 13.3. The van der Waals surface area contributed by atoms with Crippen LogP contribution in [0.15, 0.2) is 95.9 Å². The Hall–Kier alpha value is -5.58. The third-order valence-corrected chi connectivity index (χ3v) is 6.80.